The number of nitrogens with two attached hydrogens (primary N) is 1. The van der Waals surface area contributed by atoms with Gasteiger partial charge in [-0.15, -0.1) is 11.3 Å². The summed E-state index contributed by atoms with van der Waals surface area (Å²) in [6.45, 7) is 1.88. The summed E-state index contributed by atoms with van der Waals surface area (Å²) in [4.78, 5) is 0.715. The van der Waals surface area contributed by atoms with Gasteiger partial charge < -0.3 is 5.73 Å². The minimum atomic E-state index is 0.712. The van der Waals surface area contributed by atoms with Crippen LogP contribution in [-0.2, 0) is 0 Å². The molecule has 0 spiro atoms. The van der Waals surface area contributed by atoms with Gasteiger partial charge in [-0.25, -0.2) is 0 Å². The average molecular weight is 138 g/mol. The normalized spacial score (nSPS) is 8.89. The smallest absolute Gasteiger partial charge is 0.110 e. The fourth-order valence-corrected chi connectivity index (χ4v) is 1.35. The maximum atomic E-state index is 8.44. The highest BCUT2D eigenvalue weighted by molar-refractivity contribution is 7.16. The van der Waals surface area contributed by atoms with Crippen molar-refractivity contribution in [2.75, 3.05) is 5.73 Å². The molecular weight excluding hydrogens is 132 g/mol. The van der Waals surface area contributed by atoms with Crippen LogP contribution < -0.4 is 5.73 Å². The molecule has 0 bridgehead atoms. The molecule has 0 aliphatic heterocycles. The number of hydrogen-bond acceptors (Lipinski definition) is 3. The van der Waals surface area contributed by atoms with Gasteiger partial charge in [-0.3, -0.25) is 0 Å². The van der Waals surface area contributed by atoms with Gasteiger partial charge in [-0.1, -0.05) is 0 Å². The number of anilines is 1. The molecule has 3 heteroatoms. The molecule has 2 nitrogen and oxygen atoms in total. The molecule has 0 atom stereocenters. The molecule has 9 heavy (non-hydrogen) atoms. The number of nitrogen functional groups attached to an aromatic ring is 1. The minimum Gasteiger partial charge on any atom is -0.391 e. The van der Waals surface area contributed by atoms with Crippen LogP contribution >= 0.6 is 11.3 Å². The van der Waals surface area contributed by atoms with E-state index in [1.54, 1.807) is 0 Å². The predicted octanol–water partition coefficient (Wildman–Crippen LogP) is 1.51. The maximum absolute atomic E-state index is 8.44. The molecule has 0 amide bonds. The molecule has 0 aromatic carbocycles. The van der Waals surface area contributed by atoms with Gasteiger partial charge in [0.05, 0.1) is 5.00 Å². The van der Waals surface area contributed by atoms with Crippen molar-refractivity contribution >= 4 is 16.3 Å². The Morgan fingerprint density at radius 2 is 2.44 bits per heavy atom. The maximum Gasteiger partial charge on any atom is 0.110 e. The van der Waals surface area contributed by atoms with Crippen LogP contribution in [0, 0.1) is 18.3 Å². The number of nitriles is 1. The lowest BCUT2D eigenvalue weighted by molar-refractivity contribution is 1.47. The molecule has 1 heterocycles. The first-order chi connectivity index (χ1) is 4.24. The summed E-state index contributed by atoms with van der Waals surface area (Å²) >= 11 is 1.33. The Hall–Kier alpha value is -1.01. The van der Waals surface area contributed by atoms with Crippen LogP contribution in [0.25, 0.3) is 0 Å². The van der Waals surface area contributed by atoms with Crippen molar-refractivity contribution in [3.63, 3.8) is 0 Å². The quantitative estimate of drug-likeness (QED) is 0.590. The van der Waals surface area contributed by atoms with Crippen molar-refractivity contribution in [3.05, 3.63) is 16.5 Å². The first kappa shape index (κ1) is 6.12. The molecule has 1 aromatic rings. The van der Waals surface area contributed by atoms with Crippen LogP contribution in [0.1, 0.15) is 10.4 Å². The van der Waals surface area contributed by atoms with Gasteiger partial charge in [0, 0.05) is 0 Å². The Morgan fingerprint density at radius 1 is 1.78 bits per heavy atom. The molecule has 0 aliphatic carbocycles. The zero-order chi connectivity index (χ0) is 6.85. The summed E-state index contributed by atoms with van der Waals surface area (Å²) in [5.41, 5.74) is 6.39. The van der Waals surface area contributed by atoms with Gasteiger partial charge in [-0.2, -0.15) is 5.26 Å². The van der Waals surface area contributed by atoms with E-state index >= 15 is 0 Å². The summed E-state index contributed by atoms with van der Waals surface area (Å²) in [5.74, 6) is 0. The van der Waals surface area contributed by atoms with Crippen molar-refractivity contribution in [2.45, 2.75) is 6.92 Å². The Morgan fingerprint density at radius 3 is 2.67 bits per heavy atom. The summed E-state index contributed by atoms with van der Waals surface area (Å²) in [6, 6.07) is 3.86. The molecule has 1 rings (SSSR count). The standard InChI is InChI=1S/C6H6N2S/c1-4-2-6(8)9-5(4)3-7/h2H,8H2,1H3. The number of rotatable bonds is 0. The van der Waals surface area contributed by atoms with Gasteiger partial charge in [-0.05, 0) is 18.6 Å². The monoisotopic (exact) mass is 138 g/mol. The number of nitrogens with zero attached hydrogens (tertiary/aromatic N) is 1. The zero-order valence-electron chi connectivity index (χ0n) is 5.01. The lowest BCUT2D eigenvalue weighted by atomic mass is 10.3. The van der Waals surface area contributed by atoms with Gasteiger partial charge in [0.2, 0.25) is 0 Å². The lowest BCUT2D eigenvalue weighted by Gasteiger charge is -1.76. The SMILES string of the molecule is Cc1cc(N)sc1C#N. The van der Waals surface area contributed by atoms with Crippen LogP contribution in [0.5, 0.6) is 0 Å². The largest absolute Gasteiger partial charge is 0.391 e. The molecule has 1 aromatic heterocycles. The molecule has 0 unspecified atom stereocenters. The predicted molar refractivity (Wildman–Crippen MR) is 38.2 cm³/mol. The third-order valence-corrected chi connectivity index (χ3v) is 2.01. The molecule has 0 saturated carbocycles. The highest BCUT2D eigenvalue weighted by Crippen LogP contribution is 2.21. The van der Waals surface area contributed by atoms with E-state index in [4.69, 9.17) is 11.0 Å². The van der Waals surface area contributed by atoms with Crippen molar-refractivity contribution in [1.29, 1.82) is 5.26 Å². The van der Waals surface area contributed by atoms with E-state index in [0.717, 1.165) is 5.56 Å². The highest BCUT2D eigenvalue weighted by Gasteiger charge is 1.99. The third-order valence-electron chi connectivity index (χ3n) is 1.04. The first-order valence-electron chi connectivity index (χ1n) is 2.50. The molecule has 0 saturated heterocycles. The van der Waals surface area contributed by atoms with E-state index < -0.39 is 0 Å². The van der Waals surface area contributed by atoms with Crippen LogP contribution in [0.3, 0.4) is 0 Å². The Balaban J connectivity index is 3.20. The van der Waals surface area contributed by atoms with E-state index in [2.05, 4.69) is 6.07 Å². The second-order valence-corrected chi connectivity index (χ2v) is 2.86. The highest BCUT2D eigenvalue weighted by atomic mass is 32.1. The number of thiophene rings is 1. The van der Waals surface area contributed by atoms with Crippen molar-refractivity contribution in [2.24, 2.45) is 0 Å². The van der Waals surface area contributed by atoms with Crippen LogP contribution in [0.2, 0.25) is 0 Å². The van der Waals surface area contributed by atoms with E-state index in [0.29, 0.717) is 9.88 Å². The van der Waals surface area contributed by atoms with Gasteiger partial charge >= 0.3 is 0 Å². The Kier molecular flexibility index (Phi) is 1.41. The van der Waals surface area contributed by atoms with Crippen molar-refractivity contribution < 1.29 is 0 Å². The zero-order valence-corrected chi connectivity index (χ0v) is 5.83. The summed E-state index contributed by atoms with van der Waals surface area (Å²) in [7, 11) is 0. The molecule has 46 valence electrons. The fourth-order valence-electron chi connectivity index (χ4n) is 0.618. The minimum absolute atomic E-state index is 0.712. The van der Waals surface area contributed by atoms with Gasteiger partial charge in [0.1, 0.15) is 10.9 Å². The summed E-state index contributed by atoms with van der Waals surface area (Å²) in [5, 5.41) is 9.15. The van der Waals surface area contributed by atoms with E-state index in [1.165, 1.54) is 11.3 Å². The fraction of sp³-hybridized carbons (Fsp3) is 0.167. The second-order valence-electron chi connectivity index (χ2n) is 1.77. The van der Waals surface area contributed by atoms with E-state index in [9.17, 15) is 0 Å². The van der Waals surface area contributed by atoms with Crippen LogP contribution in [0.15, 0.2) is 6.07 Å². The third kappa shape index (κ3) is 1.03. The van der Waals surface area contributed by atoms with E-state index in [1.807, 2.05) is 13.0 Å². The lowest BCUT2D eigenvalue weighted by Crippen LogP contribution is -1.73. The molecule has 0 fully saturated rings. The van der Waals surface area contributed by atoms with Crippen LogP contribution in [-0.4, -0.2) is 0 Å². The molecule has 0 aliphatic rings. The van der Waals surface area contributed by atoms with Crippen molar-refractivity contribution in [1.82, 2.24) is 0 Å². The van der Waals surface area contributed by atoms with Crippen molar-refractivity contribution in [3.8, 4) is 6.07 Å². The number of aryl methyl sites for hydroxylation is 1. The molecule has 2 N–H and O–H groups in total. The summed E-state index contributed by atoms with van der Waals surface area (Å²) < 4.78 is 0. The van der Waals surface area contributed by atoms with Gasteiger partial charge in [0.15, 0.2) is 0 Å². The Labute approximate surface area is 57.5 Å². The second kappa shape index (κ2) is 2.08. The molecular formula is C6H6N2S. The Bertz CT molecular complexity index is 257. The summed E-state index contributed by atoms with van der Waals surface area (Å²) in [6.07, 6.45) is 0. The topological polar surface area (TPSA) is 49.8 Å². The van der Waals surface area contributed by atoms with Crippen LogP contribution in [0.4, 0.5) is 5.00 Å². The first-order valence-corrected chi connectivity index (χ1v) is 3.31. The molecule has 0 radical (unpaired) electrons. The average Bonchev–Trinajstić information content (AvgIpc) is 2.10. The van der Waals surface area contributed by atoms with E-state index in [-0.39, 0.29) is 0 Å². The number of hydrogen-bond donors (Lipinski definition) is 1. The van der Waals surface area contributed by atoms with Gasteiger partial charge in [0.25, 0.3) is 0 Å².